The summed E-state index contributed by atoms with van der Waals surface area (Å²) in [5, 5.41) is 3.97. The van der Waals surface area contributed by atoms with Gasteiger partial charge in [0.2, 0.25) is 0 Å². The summed E-state index contributed by atoms with van der Waals surface area (Å²) >= 11 is 5.81. The molecule has 0 unspecified atom stereocenters. The van der Waals surface area contributed by atoms with Crippen LogP contribution in [0.3, 0.4) is 0 Å². The molecule has 2 aromatic carbocycles. The maximum Gasteiger partial charge on any atom is 0.129 e. The molecule has 4 heteroatoms. The van der Waals surface area contributed by atoms with Gasteiger partial charge in [-0.15, -0.1) is 0 Å². The van der Waals surface area contributed by atoms with E-state index < -0.39 is 0 Å². The van der Waals surface area contributed by atoms with Crippen LogP contribution in [0, 0.1) is 0 Å². The minimum atomic E-state index is 0.528. The highest BCUT2D eigenvalue weighted by molar-refractivity contribution is 6.29. The third kappa shape index (κ3) is 5.32. The lowest BCUT2D eigenvalue weighted by molar-refractivity contribution is 0.691. The first-order valence-corrected chi connectivity index (χ1v) is 9.31. The SMILES string of the molecule is CCN(Cc1ccccc1)c1ccc(CNCc2ccc(Cl)nc2)cc1. The molecule has 3 rings (SSSR count). The number of hydrogen-bond donors (Lipinski definition) is 1. The van der Waals surface area contributed by atoms with Crippen LogP contribution in [0.15, 0.2) is 72.9 Å². The van der Waals surface area contributed by atoms with Crippen LogP contribution in [0.5, 0.6) is 0 Å². The molecule has 0 radical (unpaired) electrons. The first-order chi connectivity index (χ1) is 12.7. The van der Waals surface area contributed by atoms with Gasteiger partial charge in [-0.25, -0.2) is 4.98 Å². The summed E-state index contributed by atoms with van der Waals surface area (Å²) in [5.41, 5.74) is 4.98. The number of hydrogen-bond acceptors (Lipinski definition) is 3. The number of benzene rings is 2. The number of nitrogens with one attached hydrogen (secondary N) is 1. The van der Waals surface area contributed by atoms with Crippen LogP contribution in [0.1, 0.15) is 23.6 Å². The fourth-order valence-corrected chi connectivity index (χ4v) is 2.99. The molecule has 3 nitrogen and oxygen atoms in total. The Morgan fingerprint density at radius 3 is 2.19 bits per heavy atom. The van der Waals surface area contributed by atoms with Crippen molar-refractivity contribution in [3.63, 3.8) is 0 Å². The van der Waals surface area contributed by atoms with Crippen molar-refractivity contribution in [2.75, 3.05) is 11.4 Å². The number of halogens is 1. The molecule has 0 aliphatic heterocycles. The van der Waals surface area contributed by atoms with E-state index in [0.29, 0.717) is 5.15 Å². The molecule has 134 valence electrons. The summed E-state index contributed by atoms with van der Waals surface area (Å²) in [6, 6.07) is 23.2. The van der Waals surface area contributed by atoms with Gasteiger partial charge in [-0.2, -0.15) is 0 Å². The highest BCUT2D eigenvalue weighted by Crippen LogP contribution is 2.18. The van der Waals surface area contributed by atoms with Gasteiger partial charge >= 0.3 is 0 Å². The van der Waals surface area contributed by atoms with Crippen molar-refractivity contribution in [3.8, 4) is 0 Å². The van der Waals surface area contributed by atoms with Gasteiger partial charge in [0, 0.05) is 38.1 Å². The lowest BCUT2D eigenvalue weighted by Crippen LogP contribution is -2.22. The van der Waals surface area contributed by atoms with Gasteiger partial charge < -0.3 is 10.2 Å². The predicted octanol–water partition coefficient (Wildman–Crippen LogP) is 5.05. The summed E-state index contributed by atoms with van der Waals surface area (Å²) < 4.78 is 0. The monoisotopic (exact) mass is 365 g/mol. The molecular formula is C22H24ClN3. The molecule has 0 saturated heterocycles. The highest BCUT2D eigenvalue weighted by Gasteiger charge is 2.05. The zero-order valence-corrected chi connectivity index (χ0v) is 15.8. The van der Waals surface area contributed by atoms with E-state index >= 15 is 0 Å². The Morgan fingerprint density at radius 1 is 0.846 bits per heavy atom. The largest absolute Gasteiger partial charge is 0.367 e. The molecule has 0 amide bonds. The lowest BCUT2D eigenvalue weighted by atomic mass is 10.1. The predicted molar refractivity (Wildman–Crippen MR) is 109 cm³/mol. The van der Waals surface area contributed by atoms with Crippen LogP contribution in [0.25, 0.3) is 0 Å². The summed E-state index contributed by atoms with van der Waals surface area (Å²) in [7, 11) is 0. The topological polar surface area (TPSA) is 28.2 Å². The maximum atomic E-state index is 5.81. The van der Waals surface area contributed by atoms with Crippen molar-refractivity contribution in [1.82, 2.24) is 10.3 Å². The second-order valence-electron chi connectivity index (χ2n) is 6.26. The van der Waals surface area contributed by atoms with Crippen LogP contribution < -0.4 is 10.2 Å². The number of nitrogens with zero attached hydrogens (tertiary/aromatic N) is 2. The van der Waals surface area contributed by atoms with Crippen molar-refractivity contribution in [1.29, 1.82) is 0 Å². The molecular weight excluding hydrogens is 342 g/mol. The number of aromatic nitrogens is 1. The fraction of sp³-hybridized carbons (Fsp3) is 0.227. The molecule has 3 aromatic rings. The van der Waals surface area contributed by atoms with Crippen molar-refractivity contribution in [2.45, 2.75) is 26.6 Å². The molecule has 0 fully saturated rings. The fourth-order valence-electron chi connectivity index (χ4n) is 2.88. The van der Waals surface area contributed by atoms with Crippen LogP contribution in [0.4, 0.5) is 5.69 Å². The third-order valence-corrected chi connectivity index (χ3v) is 4.57. The average Bonchev–Trinajstić information content (AvgIpc) is 2.69. The van der Waals surface area contributed by atoms with Crippen LogP contribution in [-0.4, -0.2) is 11.5 Å². The molecule has 0 bridgehead atoms. The van der Waals surface area contributed by atoms with Crippen molar-refractivity contribution in [2.24, 2.45) is 0 Å². The Kier molecular flexibility index (Phi) is 6.64. The van der Waals surface area contributed by atoms with Gasteiger partial charge in [0.25, 0.3) is 0 Å². The third-order valence-electron chi connectivity index (χ3n) is 4.35. The Labute approximate surface area is 160 Å². The van der Waals surface area contributed by atoms with Crippen molar-refractivity contribution in [3.05, 3.63) is 94.8 Å². The Balaban J connectivity index is 1.54. The van der Waals surface area contributed by atoms with Crippen LogP contribution >= 0.6 is 11.6 Å². The normalized spacial score (nSPS) is 10.7. The summed E-state index contributed by atoms with van der Waals surface area (Å²) in [6.07, 6.45) is 1.81. The van der Waals surface area contributed by atoms with Gasteiger partial charge in [0.1, 0.15) is 5.15 Å². The molecule has 26 heavy (non-hydrogen) atoms. The quantitative estimate of drug-likeness (QED) is 0.566. The average molecular weight is 366 g/mol. The summed E-state index contributed by atoms with van der Waals surface area (Å²) in [6.45, 7) is 5.71. The second kappa shape index (κ2) is 9.37. The van der Waals surface area contributed by atoms with Crippen LogP contribution in [0.2, 0.25) is 5.15 Å². The van der Waals surface area contributed by atoms with Crippen molar-refractivity contribution >= 4 is 17.3 Å². The van der Waals surface area contributed by atoms with E-state index in [1.54, 1.807) is 6.20 Å². The van der Waals surface area contributed by atoms with Crippen molar-refractivity contribution < 1.29 is 0 Å². The Bertz CT molecular complexity index is 786. The number of rotatable bonds is 8. The number of anilines is 1. The van der Waals surface area contributed by atoms with E-state index in [1.807, 2.05) is 12.1 Å². The van der Waals surface area contributed by atoms with E-state index in [2.05, 4.69) is 76.7 Å². The van der Waals surface area contributed by atoms with Gasteiger partial charge in [-0.05, 0) is 41.8 Å². The molecule has 0 spiro atoms. The Morgan fingerprint density at radius 2 is 1.54 bits per heavy atom. The molecule has 1 heterocycles. The zero-order chi connectivity index (χ0) is 18.2. The van der Waals surface area contributed by atoms with E-state index in [1.165, 1.54) is 16.8 Å². The number of pyridine rings is 1. The van der Waals surface area contributed by atoms with Gasteiger partial charge in [-0.3, -0.25) is 0 Å². The zero-order valence-electron chi connectivity index (χ0n) is 15.0. The molecule has 0 saturated carbocycles. The smallest absolute Gasteiger partial charge is 0.129 e. The molecule has 1 aromatic heterocycles. The molecule has 0 aliphatic rings. The summed E-state index contributed by atoms with van der Waals surface area (Å²) in [5.74, 6) is 0. The van der Waals surface area contributed by atoms with E-state index in [-0.39, 0.29) is 0 Å². The highest BCUT2D eigenvalue weighted by atomic mass is 35.5. The van der Waals surface area contributed by atoms with E-state index in [4.69, 9.17) is 11.6 Å². The minimum Gasteiger partial charge on any atom is -0.367 e. The lowest BCUT2D eigenvalue weighted by Gasteiger charge is -2.23. The molecule has 1 N–H and O–H groups in total. The van der Waals surface area contributed by atoms with E-state index in [9.17, 15) is 0 Å². The first kappa shape index (κ1) is 18.4. The second-order valence-corrected chi connectivity index (χ2v) is 6.65. The van der Waals surface area contributed by atoms with E-state index in [0.717, 1.165) is 31.7 Å². The van der Waals surface area contributed by atoms with Gasteiger partial charge in [0.15, 0.2) is 0 Å². The first-order valence-electron chi connectivity index (χ1n) is 8.93. The molecule has 0 atom stereocenters. The standard InChI is InChI=1S/C22H24ClN3/c1-2-26(17-19-6-4-3-5-7-19)21-11-8-18(9-12-21)14-24-15-20-10-13-22(23)25-16-20/h3-13,16,24H,2,14-15,17H2,1H3. The maximum absolute atomic E-state index is 5.81. The molecule has 0 aliphatic carbocycles. The van der Waals surface area contributed by atoms with Gasteiger partial charge in [0.05, 0.1) is 0 Å². The van der Waals surface area contributed by atoms with Gasteiger partial charge in [-0.1, -0.05) is 60.1 Å². The Hall–Kier alpha value is -2.36. The van der Waals surface area contributed by atoms with Crippen LogP contribution in [-0.2, 0) is 19.6 Å². The summed E-state index contributed by atoms with van der Waals surface area (Å²) in [4.78, 5) is 6.48. The minimum absolute atomic E-state index is 0.528.